The van der Waals surface area contributed by atoms with Crippen LogP contribution < -0.4 is 5.32 Å². The molecule has 29 heavy (non-hydrogen) atoms. The van der Waals surface area contributed by atoms with Gasteiger partial charge < -0.3 is 19.9 Å². The van der Waals surface area contributed by atoms with Crippen molar-refractivity contribution in [2.45, 2.75) is 57.3 Å². The summed E-state index contributed by atoms with van der Waals surface area (Å²) in [5.41, 5.74) is 0.432. The fourth-order valence-corrected chi connectivity index (χ4v) is 4.92. The van der Waals surface area contributed by atoms with Crippen molar-refractivity contribution in [1.29, 1.82) is 0 Å². The number of benzene rings is 1. The quantitative estimate of drug-likeness (QED) is 0.844. The van der Waals surface area contributed by atoms with Gasteiger partial charge in [0.15, 0.2) is 0 Å². The van der Waals surface area contributed by atoms with Crippen LogP contribution in [-0.2, 0) is 16.1 Å². The van der Waals surface area contributed by atoms with Crippen molar-refractivity contribution in [2.75, 3.05) is 26.2 Å². The number of amides is 3. The number of hydrogen-bond donors (Lipinski definition) is 1. The lowest BCUT2D eigenvalue weighted by molar-refractivity contribution is -0.154. The van der Waals surface area contributed by atoms with Crippen LogP contribution in [-0.4, -0.2) is 59.6 Å². The largest absolute Gasteiger partial charge is 0.362 e. The highest BCUT2D eigenvalue weighted by molar-refractivity contribution is 5.81. The number of carbonyl (C=O) groups excluding carboxylic acids is 2. The van der Waals surface area contributed by atoms with Crippen LogP contribution in [0.2, 0.25) is 0 Å². The normalized spacial score (nSPS) is 29.4. The van der Waals surface area contributed by atoms with Gasteiger partial charge in [0, 0.05) is 38.6 Å². The number of likely N-dealkylation sites (tertiary alicyclic amines) is 2. The van der Waals surface area contributed by atoms with Crippen LogP contribution in [0.5, 0.6) is 0 Å². The topological polar surface area (TPSA) is 61.9 Å². The van der Waals surface area contributed by atoms with Gasteiger partial charge in [-0.3, -0.25) is 4.79 Å². The van der Waals surface area contributed by atoms with Crippen molar-refractivity contribution in [3.63, 3.8) is 0 Å². The molecule has 0 aromatic heterocycles. The summed E-state index contributed by atoms with van der Waals surface area (Å²) >= 11 is 0. The molecule has 3 unspecified atom stereocenters. The minimum absolute atomic E-state index is 0.140. The minimum atomic E-state index is -0.330. The average molecular weight is 403 g/mol. The second-order valence-electron chi connectivity index (χ2n) is 8.63. The first-order valence-corrected chi connectivity index (χ1v) is 10.7. The summed E-state index contributed by atoms with van der Waals surface area (Å²) in [6.07, 6.45) is 4.22. The van der Waals surface area contributed by atoms with Gasteiger partial charge in [0.2, 0.25) is 0 Å². The van der Waals surface area contributed by atoms with Crippen LogP contribution in [0.15, 0.2) is 24.3 Å². The van der Waals surface area contributed by atoms with Crippen molar-refractivity contribution in [2.24, 2.45) is 5.92 Å². The van der Waals surface area contributed by atoms with Gasteiger partial charge in [-0.2, -0.15) is 0 Å². The molecule has 3 amide bonds. The maximum absolute atomic E-state index is 13.3. The molecule has 0 saturated carbocycles. The molecular weight excluding hydrogens is 373 g/mol. The molecule has 3 atom stereocenters. The predicted octanol–water partition coefficient (Wildman–Crippen LogP) is 2.92. The van der Waals surface area contributed by atoms with Gasteiger partial charge in [-0.25, -0.2) is 9.18 Å². The molecule has 0 aliphatic carbocycles. The van der Waals surface area contributed by atoms with E-state index in [9.17, 15) is 14.0 Å². The van der Waals surface area contributed by atoms with Gasteiger partial charge >= 0.3 is 6.03 Å². The van der Waals surface area contributed by atoms with Gasteiger partial charge in [0.1, 0.15) is 11.9 Å². The molecule has 158 valence electrons. The first-order chi connectivity index (χ1) is 14.0. The van der Waals surface area contributed by atoms with Crippen LogP contribution in [0.4, 0.5) is 9.18 Å². The third-order valence-electron chi connectivity index (χ3n) is 6.72. The van der Waals surface area contributed by atoms with Crippen LogP contribution in [0.25, 0.3) is 0 Å². The molecule has 0 radical (unpaired) electrons. The first kappa shape index (κ1) is 20.1. The monoisotopic (exact) mass is 403 g/mol. The summed E-state index contributed by atoms with van der Waals surface area (Å²) in [6.45, 7) is 5.30. The zero-order valence-corrected chi connectivity index (χ0v) is 17.0. The third-order valence-corrected chi connectivity index (χ3v) is 6.72. The molecular formula is C22H30FN3O3. The summed E-state index contributed by atoms with van der Waals surface area (Å²) < 4.78 is 19.6. The predicted molar refractivity (Wildman–Crippen MR) is 107 cm³/mol. The van der Waals surface area contributed by atoms with Crippen molar-refractivity contribution < 1.29 is 18.7 Å². The molecule has 1 N–H and O–H groups in total. The summed E-state index contributed by atoms with van der Waals surface area (Å²) in [5, 5.41) is 2.88. The van der Waals surface area contributed by atoms with Crippen LogP contribution in [0.1, 0.15) is 44.6 Å². The highest BCUT2D eigenvalue weighted by Crippen LogP contribution is 2.43. The van der Waals surface area contributed by atoms with E-state index in [2.05, 4.69) is 12.2 Å². The Balaban J connectivity index is 1.30. The number of carbonyl (C=O) groups is 2. The first-order valence-electron chi connectivity index (χ1n) is 10.7. The molecule has 3 heterocycles. The lowest BCUT2D eigenvalue weighted by Gasteiger charge is -2.44. The Hall–Kier alpha value is -2.15. The Morgan fingerprint density at radius 3 is 2.72 bits per heavy atom. The molecule has 0 bridgehead atoms. The molecule has 3 saturated heterocycles. The summed E-state index contributed by atoms with van der Waals surface area (Å²) in [5.74, 6) is -0.00362. The number of piperidine rings is 1. The molecule has 6 nitrogen and oxygen atoms in total. The zero-order chi connectivity index (χ0) is 20.4. The van der Waals surface area contributed by atoms with Crippen LogP contribution in [0, 0.1) is 11.7 Å². The number of halogens is 1. The summed E-state index contributed by atoms with van der Waals surface area (Å²) in [7, 11) is 0. The van der Waals surface area contributed by atoms with Gasteiger partial charge in [-0.15, -0.1) is 0 Å². The van der Waals surface area contributed by atoms with E-state index in [0.717, 1.165) is 50.8 Å². The number of ether oxygens (including phenoxy) is 1. The lowest BCUT2D eigenvalue weighted by Crippen LogP contribution is -2.55. The van der Waals surface area contributed by atoms with Crippen LogP contribution >= 0.6 is 0 Å². The third kappa shape index (κ3) is 4.25. The highest BCUT2D eigenvalue weighted by atomic mass is 19.1. The fraction of sp³-hybridized carbons (Fsp3) is 0.636. The summed E-state index contributed by atoms with van der Waals surface area (Å²) in [4.78, 5) is 29.0. The Bertz CT molecular complexity index is 767. The van der Waals surface area contributed by atoms with Gasteiger partial charge in [0.05, 0.1) is 5.60 Å². The van der Waals surface area contributed by atoms with E-state index in [4.69, 9.17) is 4.74 Å². The molecule has 1 spiro atoms. The zero-order valence-electron chi connectivity index (χ0n) is 17.0. The second-order valence-corrected chi connectivity index (χ2v) is 8.63. The molecule has 3 fully saturated rings. The molecule has 1 aromatic carbocycles. The maximum Gasteiger partial charge on any atom is 0.317 e. The second kappa shape index (κ2) is 8.30. The Morgan fingerprint density at radius 1 is 1.21 bits per heavy atom. The Labute approximate surface area is 171 Å². The molecule has 1 aromatic rings. The van der Waals surface area contributed by atoms with Crippen molar-refractivity contribution in [3.8, 4) is 0 Å². The molecule has 3 aliphatic heterocycles. The van der Waals surface area contributed by atoms with Crippen molar-refractivity contribution in [3.05, 3.63) is 35.6 Å². The van der Waals surface area contributed by atoms with E-state index >= 15 is 0 Å². The lowest BCUT2D eigenvalue weighted by atomic mass is 9.80. The number of nitrogens with zero attached hydrogens (tertiary/aromatic N) is 2. The van der Waals surface area contributed by atoms with E-state index < -0.39 is 0 Å². The van der Waals surface area contributed by atoms with Gasteiger partial charge in [-0.1, -0.05) is 19.1 Å². The minimum Gasteiger partial charge on any atom is -0.362 e. The van der Waals surface area contributed by atoms with Gasteiger partial charge in [0.25, 0.3) is 5.91 Å². The molecule has 3 aliphatic rings. The Kier molecular flexibility index (Phi) is 5.76. The standard InChI is InChI=1S/C22H30FN3O3/c1-16-15-26(21(28)24-14-17-5-4-6-18(23)13-17)12-9-22(16)8-7-19(29-22)20(27)25-10-2-3-11-25/h4-6,13,16,19H,2-3,7-12,14-15H2,1H3,(H,24,28). The van der Waals surface area contributed by atoms with E-state index in [-0.39, 0.29) is 35.4 Å². The van der Waals surface area contributed by atoms with Gasteiger partial charge in [-0.05, 0) is 49.8 Å². The van der Waals surface area contributed by atoms with E-state index in [0.29, 0.717) is 19.6 Å². The van der Waals surface area contributed by atoms with E-state index in [1.165, 1.54) is 12.1 Å². The number of hydrogen-bond acceptors (Lipinski definition) is 3. The summed E-state index contributed by atoms with van der Waals surface area (Å²) in [6, 6.07) is 6.11. The van der Waals surface area contributed by atoms with Crippen molar-refractivity contribution >= 4 is 11.9 Å². The van der Waals surface area contributed by atoms with Crippen molar-refractivity contribution in [1.82, 2.24) is 15.1 Å². The number of rotatable bonds is 3. The average Bonchev–Trinajstić information content (AvgIpc) is 3.39. The number of nitrogens with one attached hydrogen (secondary N) is 1. The van der Waals surface area contributed by atoms with E-state index in [1.54, 1.807) is 17.0 Å². The molecule has 4 rings (SSSR count). The smallest absolute Gasteiger partial charge is 0.317 e. The van der Waals surface area contributed by atoms with E-state index in [1.807, 2.05) is 4.90 Å². The Morgan fingerprint density at radius 2 is 2.00 bits per heavy atom. The molecule has 7 heteroatoms. The fourth-order valence-electron chi connectivity index (χ4n) is 4.92. The number of urea groups is 1. The SMILES string of the molecule is CC1CN(C(=O)NCc2cccc(F)c2)CCC12CCC(C(=O)N1CCCC1)O2. The highest BCUT2D eigenvalue weighted by Gasteiger charge is 2.50. The van der Waals surface area contributed by atoms with Crippen LogP contribution in [0.3, 0.4) is 0 Å². The maximum atomic E-state index is 13.3.